The number of nitrogens with zero attached hydrogens (tertiary/aromatic N) is 3. The summed E-state index contributed by atoms with van der Waals surface area (Å²) in [5.41, 5.74) is 1.58. The first-order valence-corrected chi connectivity index (χ1v) is 9.17. The summed E-state index contributed by atoms with van der Waals surface area (Å²) >= 11 is 0. The van der Waals surface area contributed by atoms with Gasteiger partial charge in [-0.05, 0) is 47.5 Å². The van der Waals surface area contributed by atoms with E-state index in [1.54, 1.807) is 61.2 Å². The number of pyridine rings is 2. The summed E-state index contributed by atoms with van der Waals surface area (Å²) in [6, 6.07) is 12.3. The van der Waals surface area contributed by atoms with E-state index in [-0.39, 0.29) is 0 Å². The predicted molar refractivity (Wildman–Crippen MR) is 91.4 cm³/mol. The molecule has 0 atom stereocenters. The van der Waals surface area contributed by atoms with Crippen LogP contribution in [0.3, 0.4) is 0 Å². The van der Waals surface area contributed by atoms with Crippen molar-refractivity contribution in [3.05, 3.63) is 78.4 Å². The first-order valence-electron chi connectivity index (χ1n) is 7.73. The van der Waals surface area contributed by atoms with Crippen molar-refractivity contribution in [2.75, 3.05) is 0 Å². The van der Waals surface area contributed by atoms with E-state index in [0.29, 0.717) is 29.5 Å². The minimum absolute atomic E-state index is 0.295. The fourth-order valence-electron chi connectivity index (χ4n) is 2.79. The Morgan fingerprint density at radius 1 is 1.00 bits per heavy atom. The van der Waals surface area contributed by atoms with Crippen molar-refractivity contribution in [3.63, 3.8) is 0 Å². The molecule has 6 nitrogen and oxygen atoms in total. The zero-order valence-electron chi connectivity index (χ0n) is 13.2. The summed E-state index contributed by atoms with van der Waals surface area (Å²) < 4.78 is 32.6. The molecule has 2 aromatic heterocycles. The van der Waals surface area contributed by atoms with Gasteiger partial charge in [0.25, 0.3) is 0 Å². The quantitative estimate of drug-likeness (QED) is 0.721. The molecule has 0 bridgehead atoms. The lowest BCUT2D eigenvalue weighted by molar-refractivity contribution is 0.418. The van der Waals surface area contributed by atoms with Gasteiger partial charge in [-0.3, -0.25) is 9.97 Å². The van der Waals surface area contributed by atoms with Gasteiger partial charge in [0, 0.05) is 31.7 Å². The molecule has 1 aromatic carbocycles. The van der Waals surface area contributed by atoms with E-state index in [1.807, 2.05) is 6.07 Å². The Hall–Kier alpha value is -2.77. The van der Waals surface area contributed by atoms with E-state index in [4.69, 9.17) is 4.74 Å². The van der Waals surface area contributed by atoms with Crippen molar-refractivity contribution < 1.29 is 13.2 Å². The maximum absolute atomic E-state index is 12.7. The smallest absolute Gasteiger partial charge is 0.244 e. The van der Waals surface area contributed by atoms with Gasteiger partial charge < -0.3 is 4.74 Å². The maximum atomic E-state index is 12.7. The molecule has 0 unspecified atom stereocenters. The highest BCUT2D eigenvalue weighted by Gasteiger charge is 2.34. The molecule has 0 radical (unpaired) electrons. The number of rotatable bonds is 4. The van der Waals surface area contributed by atoms with Crippen LogP contribution in [-0.2, 0) is 23.1 Å². The van der Waals surface area contributed by atoms with E-state index in [2.05, 4.69) is 9.97 Å². The largest absolute Gasteiger partial charge is 0.456 e. The Balaban J connectivity index is 1.60. The van der Waals surface area contributed by atoms with Gasteiger partial charge in [0.1, 0.15) is 11.5 Å². The first-order chi connectivity index (χ1) is 12.1. The van der Waals surface area contributed by atoms with Crippen molar-refractivity contribution in [3.8, 4) is 11.5 Å². The average Bonchev–Trinajstić information content (AvgIpc) is 2.87. The van der Waals surface area contributed by atoms with Gasteiger partial charge in [-0.1, -0.05) is 6.07 Å². The van der Waals surface area contributed by atoms with Crippen LogP contribution < -0.4 is 4.74 Å². The van der Waals surface area contributed by atoms with Crippen LogP contribution in [-0.4, -0.2) is 22.7 Å². The lowest BCUT2D eigenvalue weighted by Gasteiger charge is -2.13. The normalized spacial score (nSPS) is 15.7. The SMILES string of the molecule is O=S1(=O)c2ccc(Oc3cccnc3)cc2CN1Cc1cccnc1. The Kier molecular flexibility index (Phi) is 3.95. The highest BCUT2D eigenvalue weighted by molar-refractivity contribution is 7.89. The summed E-state index contributed by atoms with van der Waals surface area (Å²) in [5.74, 6) is 1.20. The third-order valence-corrected chi connectivity index (χ3v) is 5.84. The Morgan fingerprint density at radius 2 is 1.80 bits per heavy atom. The van der Waals surface area contributed by atoms with Gasteiger partial charge in [0.05, 0.1) is 11.1 Å². The molecule has 0 aliphatic carbocycles. The van der Waals surface area contributed by atoms with Crippen LogP contribution in [0.5, 0.6) is 11.5 Å². The molecule has 0 saturated heterocycles. The van der Waals surface area contributed by atoms with Gasteiger partial charge >= 0.3 is 0 Å². The van der Waals surface area contributed by atoms with E-state index in [1.165, 1.54) is 4.31 Å². The average molecular weight is 353 g/mol. The topological polar surface area (TPSA) is 72.4 Å². The molecule has 4 rings (SSSR count). The first kappa shape index (κ1) is 15.7. The van der Waals surface area contributed by atoms with Crippen LogP contribution in [0.15, 0.2) is 72.1 Å². The number of hydrogen-bond donors (Lipinski definition) is 0. The maximum Gasteiger partial charge on any atom is 0.244 e. The number of benzene rings is 1. The van der Waals surface area contributed by atoms with E-state index >= 15 is 0 Å². The van der Waals surface area contributed by atoms with E-state index in [0.717, 1.165) is 11.1 Å². The summed E-state index contributed by atoms with van der Waals surface area (Å²) in [5, 5.41) is 0. The van der Waals surface area contributed by atoms with E-state index < -0.39 is 10.0 Å². The van der Waals surface area contributed by atoms with Gasteiger partial charge in [-0.25, -0.2) is 8.42 Å². The van der Waals surface area contributed by atoms with Crippen LogP contribution in [0.4, 0.5) is 0 Å². The summed E-state index contributed by atoms with van der Waals surface area (Å²) in [6.45, 7) is 0.612. The van der Waals surface area contributed by atoms with Gasteiger partial charge in [-0.2, -0.15) is 4.31 Å². The molecule has 126 valence electrons. The molecule has 1 aliphatic rings. The Bertz CT molecular complexity index is 993. The molecule has 1 aliphatic heterocycles. The zero-order chi connectivity index (χ0) is 17.3. The summed E-state index contributed by atoms with van der Waals surface area (Å²) in [6.07, 6.45) is 6.62. The third-order valence-electron chi connectivity index (χ3n) is 3.95. The van der Waals surface area contributed by atoms with Crippen molar-refractivity contribution >= 4 is 10.0 Å². The molecule has 0 saturated carbocycles. The van der Waals surface area contributed by atoms with Crippen LogP contribution in [0.2, 0.25) is 0 Å². The lowest BCUT2D eigenvalue weighted by atomic mass is 10.2. The van der Waals surface area contributed by atoms with Crippen molar-refractivity contribution in [2.24, 2.45) is 0 Å². The molecule has 3 aromatic rings. The number of ether oxygens (including phenoxy) is 1. The molecule has 0 fully saturated rings. The monoisotopic (exact) mass is 353 g/mol. The van der Waals surface area contributed by atoms with Crippen molar-refractivity contribution in [1.29, 1.82) is 0 Å². The molecule has 0 N–H and O–H groups in total. The minimum atomic E-state index is -3.50. The van der Waals surface area contributed by atoms with Gasteiger partial charge in [0.15, 0.2) is 0 Å². The Morgan fingerprint density at radius 3 is 2.52 bits per heavy atom. The number of aromatic nitrogens is 2. The van der Waals surface area contributed by atoms with Crippen LogP contribution >= 0.6 is 0 Å². The molecular formula is C18H15N3O3S. The summed E-state index contributed by atoms with van der Waals surface area (Å²) in [7, 11) is -3.50. The van der Waals surface area contributed by atoms with Crippen molar-refractivity contribution in [2.45, 2.75) is 18.0 Å². The summed E-state index contributed by atoms with van der Waals surface area (Å²) in [4.78, 5) is 8.37. The fraction of sp³-hybridized carbons (Fsp3) is 0.111. The second kappa shape index (κ2) is 6.27. The second-order valence-electron chi connectivity index (χ2n) is 5.69. The highest BCUT2D eigenvalue weighted by atomic mass is 32.2. The van der Waals surface area contributed by atoms with Crippen LogP contribution in [0.25, 0.3) is 0 Å². The molecule has 3 heterocycles. The van der Waals surface area contributed by atoms with Gasteiger partial charge in [0.2, 0.25) is 10.0 Å². The number of hydrogen-bond acceptors (Lipinski definition) is 5. The van der Waals surface area contributed by atoms with E-state index in [9.17, 15) is 8.42 Å². The zero-order valence-corrected chi connectivity index (χ0v) is 14.1. The lowest BCUT2D eigenvalue weighted by Crippen LogP contribution is -2.23. The van der Waals surface area contributed by atoms with Crippen molar-refractivity contribution in [1.82, 2.24) is 14.3 Å². The second-order valence-corrected chi connectivity index (χ2v) is 7.60. The predicted octanol–water partition coefficient (Wildman–Crippen LogP) is 2.97. The molecular weight excluding hydrogens is 338 g/mol. The number of sulfonamides is 1. The molecule has 25 heavy (non-hydrogen) atoms. The highest BCUT2D eigenvalue weighted by Crippen LogP contribution is 2.34. The molecule has 7 heteroatoms. The molecule has 0 spiro atoms. The van der Waals surface area contributed by atoms with Crippen LogP contribution in [0.1, 0.15) is 11.1 Å². The Labute approximate surface area is 145 Å². The third kappa shape index (κ3) is 3.11. The molecule has 0 amide bonds. The van der Waals surface area contributed by atoms with Gasteiger partial charge in [-0.15, -0.1) is 0 Å². The standard InChI is InChI=1S/C18H15N3O3S/c22-25(23)18-6-5-16(24-17-4-2-8-20-11-17)9-15(18)13-21(25)12-14-3-1-7-19-10-14/h1-11H,12-13H2. The minimum Gasteiger partial charge on any atom is -0.456 e. The van der Waals surface area contributed by atoms with Crippen LogP contribution in [0, 0.1) is 0 Å². The fourth-order valence-corrected chi connectivity index (χ4v) is 4.39. The number of fused-ring (bicyclic) bond motifs is 1.